The van der Waals surface area contributed by atoms with Gasteiger partial charge in [-0.2, -0.15) is 4.98 Å². The second-order valence-electron chi connectivity index (χ2n) is 3.12. The molecule has 0 aliphatic rings. The molecule has 0 spiro atoms. The van der Waals surface area contributed by atoms with E-state index in [-0.39, 0.29) is 0 Å². The number of carbonyl (C=O) groups is 1. The van der Waals surface area contributed by atoms with Crippen LogP contribution in [0.4, 0.5) is 0 Å². The van der Waals surface area contributed by atoms with Crippen LogP contribution in [-0.2, 0) is 0 Å². The van der Waals surface area contributed by atoms with E-state index in [2.05, 4.69) is 4.98 Å². The molecule has 0 saturated carbocycles. The molecule has 1 amide bonds. The van der Waals surface area contributed by atoms with Crippen molar-refractivity contribution in [1.82, 2.24) is 4.98 Å². The van der Waals surface area contributed by atoms with E-state index in [9.17, 15) is 4.79 Å². The zero-order valence-electron chi connectivity index (χ0n) is 9.04. The minimum Gasteiger partial charge on any atom is -0.479 e. The molecule has 0 bridgehead atoms. The Balaban J connectivity index is 2.26. The molecule has 1 heterocycles. The summed E-state index contributed by atoms with van der Waals surface area (Å²) in [7, 11) is 1.50. The molecule has 5 nitrogen and oxygen atoms in total. The Morgan fingerprint density at radius 2 is 2.24 bits per heavy atom. The highest BCUT2D eigenvalue weighted by atomic mass is 32.2. The van der Waals surface area contributed by atoms with Gasteiger partial charge < -0.3 is 14.9 Å². The topological polar surface area (TPSA) is 78.4 Å². The molecule has 2 aromatic rings. The van der Waals surface area contributed by atoms with Gasteiger partial charge >= 0.3 is 0 Å². The van der Waals surface area contributed by atoms with E-state index in [1.807, 2.05) is 6.07 Å². The standard InChI is InChI=1S/C11H10N2O3S/c1-15-9-6-16-11(13-9)17-8-5-3-2-4-7(8)10(12)14/h2-6H,1H3,(H2,12,14). The van der Waals surface area contributed by atoms with Crippen LogP contribution in [-0.4, -0.2) is 18.0 Å². The normalized spacial score (nSPS) is 10.2. The van der Waals surface area contributed by atoms with Gasteiger partial charge in [-0.15, -0.1) is 0 Å². The van der Waals surface area contributed by atoms with Crippen LogP contribution in [0.15, 0.2) is 45.1 Å². The molecule has 17 heavy (non-hydrogen) atoms. The Morgan fingerprint density at radius 3 is 2.88 bits per heavy atom. The summed E-state index contributed by atoms with van der Waals surface area (Å²) < 4.78 is 10.1. The van der Waals surface area contributed by atoms with Crippen molar-refractivity contribution in [2.24, 2.45) is 5.73 Å². The first-order chi connectivity index (χ1) is 8.20. The molecule has 0 aliphatic carbocycles. The summed E-state index contributed by atoms with van der Waals surface area (Å²) in [5, 5.41) is 0.399. The smallest absolute Gasteiger partial charge is 0.263 e. The van der Waals surface area contributed by atoms with E-state index in [1.54, 1.807) is 18.2 Å². The van der Waals surface area contributed by atoms with Gasteiger partial charge in [-0.25, -0.2) is 0 Å². The monoisotopic (exact) mass is 250 g/mol. The molecule has 0 saturated heterocycles. The minimum atomic E-state index is -0.480. The third-order valence-electron chi connectivity index (χ3n) is 2.02. The number of carbonyl (C=O) groups excluding carboxylic acids is 1. The molecule has 2 rings (SSSR count). The van der Waals surface area contributed by atoms with Gasteiger partial charge in [0.2, 0.25) is 5.91 Å². The van der Waals surface area contributed by atoms with E-state index in [0.29, 0.717) is 21.6 Å². The molecule has 0 atom stereocenters. The third-order valence-corrected chi connectivity index (χ3v) is 2.96. The fourth-order valence-corrected chi connectivity index (χ4v) is 2.08. The number of oxazole rings is 1. The number of primary amides is 1. The molecule has 0 radical (unpaired) electrons. The van der Waals surface area contributed by atoms with Crippen molar-refractivity contribution in [2.75, 3.05) is 7.11 Å². The number of nitrogens with zero attached hydrogens (tertiary/aromatic N) is 1. The number of ether oxygens (including phenoxy) is 1. The lowest BCUT2D eigenvalue weighted by Gasteiger charge is -2.02. The van der Waals surface area contributed by atoms with E-state index in [0.717, 1.165) is 0 Å². The lowest BCUT2D eigenvalue weighted by atomic mass is 10.2. The number of benzene rings is 1. The Morgan fingerprint density at radius 1 is 1.47 bits per heavy atom. The number of nitrogens with two attached hydrogens (primary N) is 1. The highest BCUT2D eigenvalue weighted by Crippen LogP contribution is 2.30. The van der Waals surface area contributed by atoms with Gasteiger partial charge in [-0.1, -0.05) is 12.1 Å². The SMILES string of the molecule is COc1coc(Sc2ccccc2C(N)=O)n1. The highest BCUT2D eigenvalue weighted by molar-refractivity contribution is 7.99. The molecule has 0 fully saturated rings. The number of aromatic nitrogens is 1. The second-order valence-corrected chi connectivity index (χ2v) is 4.11. The third kappa shape index (κ3) is 2.59. The molecule has 0 aliphatic heterocycles. The van der Waals surface area contributed by atoms with E-state index < -0.39 is 5.91 Å². The number of hydrogen-bond donors (Lipinski definition) is 1. The number of methoxy groups -OCH3 is 1. The maximum Gasteiger partial charge on any atom is 0.263 e. The fourth-order valence-electron chi connectivity index (χ4n) is 1.24. The summed E-state index contributed by atoms with van der Waals surface area (Å²) in [6.07, 6.45) is 1.40. The number of hydrogen-bond acceptors (Lipinski definition) is 5. The maximum atomic E-state index is 11.2. The van der Waals surface area contributed by atoms with Gasteiger partial charge in [0.15, 0.2) is 6.26 Å². The van der Waals surface area contributed by atoms with Crippen LogP contribution in [0.25, 0.3) is 0 Å². The van der Waals surface area contributed by atoms with Gasteiger partial charge in [0.05, 0.1) is 12.7 Å². The van der Waals surface area contributed by atoms with Crippen molar-refractivity contribution in [2.45, 2.75) is 10.1 Å². The Kier molecular flexibility index (Phi) is 3.34. The van der Waals surface area contributed by atoms with E-state index in [4.69, 9.17) is 14.9 Å². The Bertz CT molecular complexity index is 539. The van der Waals surface area contributed by atoms with Crippen LogP contribution >= 0.6 is 11.8 Å². The van der Waals surface area contributed by atoms with Crippen LogP contribution in [0.5, 0.6) is 5.88 Å². The molecule has 6 heteroatoms. The number of amides is 1. The molecule has 88 valence electrons. The molecule has 1 aromatic heterocycles. The van der Waals surface area contributed by atoms with Crippen molar-refractivity contribution in [1.29, 1.82) is 0 Å². The van der Waals surface area contributed by atoms with Crippen molar-refractivity contribution in [3.63, 3.8) is 0 Å². The highest BCUT2D eigenvalue weighted by Gasteiger charge is 2.12. The predicted octanol–water partition coefficient (Wildman–Crippen LogP) is 1.93. The van der Waals surface area contributed by atoms with Crippen LogP contribution in [0.1, 0.15) is 10.4 Å². The van der Waals surface area contributed by atoms with E-state index in [1.165, 1.54) is 25.1 Å². The van der Waals surface area contributed by atoms with Gasteiger partial charge in [-0.05, 0) is 23.9 Å². The Hall–Kier alpha value is -1.95. The van der Waals surface area contributed by atoms with Gasteiger partial charge in [0.1, 0.15) is 0 Å². The van der Waals surface area contributed by atoms with Crippen molar-refractivity contribution < 1.29 is 13.9 Å². The predicted molar refractivity (Wildman–Crippen MR) is 62.1 cm³/mol. The average molecular weight is 250 g/mol. The average Bonchev–Trinajstić information content (AvgIpc) is 2.77. The lowest BCUT2D eigenvalue weighted by Crippen LogP contribution is -2.11. The van der Waals surface area contributed by atoms with Crippen molar-refractivity contribution in [3.8, 4) is 5.88 Å². The Labute approximate surface area is 102 Å². The maximum absolute atomic E-state index is 11.2. The first-order valence-corrected chi connectivity index (χ1v) is 5.58. The number of rotatable bonds is 4. The zero-order chi connectivity index (χ0) is 12.3. The molecule has 0 unspecified atom stereocenters. The summed E-state index contributed by atoms with van der Waals surface area (Å²) in [5.41, 5.74) is 5.71. The molecule has 1 aromatic carbocycles. The summed E-state index contributed by atoms with van der Waals surface area (Å²) in [6, 6.07) is 7.00. The minimum absolute atomic E-state index is 0.393. The van der Waals surface area contributed by atoms with Gasteiger partial charge in [-0.3, -0.25) is 4.79 Å². The van der Waals surface area contributed by atoms with Crippen molar-refractivity contribution >= 4 is 17.7 Å². The van der Waals surface area contributed by atoms with Crippen molar-refractivity contribution in [3.05, 3.63) is 36.1 Å². The summed E-state index contributed by atoms with van der Waals surface area (Å²) in [6.45, 7) is 0. The van der Waals surface area contributed by atoms with Crippen LogP contribution in [0, 0.1) is 0 Å². The summed E-state index contributed by atoms with van der Waals surface area (Å²) in [5.74, 6) is -0.0873. The van der Waals surface area contributed by atoms with Crippen LogP contribution in [0.3, 0.4) is 0 Å². The van der Waals surface area contributed by atoms with Crippen LogP contribution < -0.4 is 10.5 Å². The van der Waals surface area contributed by atoms with Crippen LogP contribution in [0.2, 0.25) is 0 Å². The van der Waals surface area contributed by atoms with Gasteiger partial charge in [0, 0.05) is 4.90 Å². The first kappa shape index (κ1) is 11.5. The largest absolute Gasteiger partial charge is 0.479 e. The molecular formula is C11H10N2O3S. The molecule has 2 N–H and O–H groups in total. The second kappa shape index (κ2) is 4.92. The zero-order valence-corrected chi connectivity index (χ0v) is 9.86. The lowest BCUT2D eigenvalue weighted by molar-refractivity contribution is 0.0997. The first-order valence-electron chi connectivity index (χ1n) is 4.77. The quantitative estimate of drug-likeness (QED) is 0.897. The van der Waals surface area contributed by atoms with Gasteiger partial charge in [0.25, 0.3) is 11.1 Å². The molecular weight excluding hydrogens is 240 g/mol. The summed E-state index contributed by atoms with van der Waals surface area (Å²) in [4.78, 5) is 16.0. The van der Waals surface area contributed by atoms with E-state index >= 15 is 0 Å². The fraction of sp³-hybridized carbons (Fsp3) is 0.0909. The summed E-state index contributed by atoms with van der Waals surface area (Å²) >= 11 is 1.22.